The molecule has 0 radical (unpaired) electrons. The average molecular weight is 242 g/mol. The van der Waals surface area contributed by atoms with Crippen molar-refractivity contribution in [2.75, 3.05) is 7.05 Å². The third-order valence-corrected chi connectivity index (χ3v) is 3.08. The number of aryl methyl sites for hydroxylation is 1. The van der Waals surface area contributed by atoms with E-state index in [1.54, 1.807) is 0 Å². The van der Waals surface area contributed by atoms with Gasteiger partial charge in [0.15, 0.2) is 0 Å². The van der Waals surface area contributed by atoms with Crippen LogP contribution in [0.3, 0.4) is 0 Å². The first-order chi connectivity index (χ1) is 5.97. The lowest BCUT2D eigenvalue weighted by Crippen LogP contribution is -2.33. The van der Waals surface area contributed by atoms with Crippen molar-refractivity contribution < 1.29 is 0 Å². The Labute approximate surface area is 88.7 Å². The maximum absolute atomic E-state index is 3.58. The Morgan fingerprint density at radius 2 is 1.92 bits per heavy atom. The second kappa shape index (κ2) is 3.81. The minimum atomic E-state index is 0.0204. The van der Waals surface area contributed by atoms with E-state index >= 15 is 0 Å². The quantitative estimate of drug-likeness (QED) is 0.839. The molecule has 72 valence electrons. The monoisotopic (exact) mass is 241 g/mol. The summed E-state index contributed by atoms with van der Waals surface area (Å²) in [5.74, 6) is 0. The summed E-state index contributed by atoms with van der Waals surface area (Å²) in [6.07, 6.45) is 0. The first-order valence-electron chi connectivity index (χ1n) is 4.43. The van der Waals surface area contributed by atoms with Crippen molar-refractivity contribution >= 4 is 15.9 Å². The van der Waals surface area contributed by atoms with Gasteiger partial charge >= 0.3 is 0 Å². The van der Waals surface area contributed by atoms with E-state index in [9.17, 15) is 0 Å². The fraction of sp³-hybridized carbons (Fsp3) is 0.455. The standard InChI is InChI=1S/C11H16BrN/c1-8-5-6-9(10(12)7-8)11(2,3)13-4/h5-7,13H,1-4H3. The van der Waals surface area contributed by atoms with Gasteiger partial charge in [-0.1, -0.05) is 28.1 Å². The third kappa shape index (κ3) is 2.32. The molecule has 0 saturated heterocycles. The van der Waals surface area contributed by atoms with Gasteiger partial charge in [-0.3, -0.25) is 0 Å². The SMILES string of the molecule is CNC(C)(C)c1ccc(C)cc1Br. The van der Waals surface area contributed by atoms with Gasteiger partial charge < -0.3 is 5.32 Å². The molecule has 0 bridgehead atoms. The van der Waals surface area contributed by atoms with Gasteiger partial charge in [0, 0.05) is 10.0 Å². The summed E-state index contributed by atoms with van der Waals surface area (Å²) in [5, 5.41) is 3.29. The minimum Gasteiger partial charge on any atom is -0.311 e. The molecule has 0 aromatic heterocycles. The van der Waals surface area contributed by atoms with Crippen LogP contribution >= 0.6 is 15.9 Å². The van der Waals surface area contributed by atoms with Crippen LogP contribution in [0.2, 0.25) is 0 Å². The maximum atomic E-state index is 3.58. The van der Waals surface area contributed by atoms with Gasteiger partial charge in [0.25, 0.3) is 0 Å². The lowest BCUT2D eigenvalue weighted by atomic mass is 9.94. The fourth-order valence-electron chi connectivity index (χ4n) is 1.26. The minimum absolute atomic E-state index is 0.0204. The van der Waals surface area contributed by atoms with E-state index in [0.717, 1.165) is 0 Å². The largest absolute Gasteiger partial charge is 0.311 e. The van der Waals surface area contributed by atoms with Gasteiger partial charge in [-0.2, -0.15) is 0 Å². The van der Waals surface area contributed by atoms with Crippen LogP contribution in [-0.2, 0) is 5.54 Å². The molecule has 0 spiro atoms. The van der Waals surface area contributed by atoms with E-state index in [-0.39, 0.29) is 5.54 Å². The number of halogens is 1. The Bertz CT molecular complexity index is 305. The molecular formula is C11H16BrN. The van der Waals surface area contributed by atoms with Crippen molar-refractivity contribution in [3.05, 3.63) is 33.8 Å². The summed E-state index contributed by atoms with van der Waals surface area (Å²) in [6, 6.07) is 6.45. The lowest BCUT2D eigenvalue weighted by molar-refractivity contribution is 0.442. The second-order valence-corrected chi connectivity index (χ2v) is 4.71. The highest BCUT2D eigenvalue weighted by Crippen LogP contribution is 2.28. The van der Waals surface area contributed by atoms with Crippen molar-refractivity contribution in [2.24, 2.45) is 0 Å². The molecule has 0 unspecified atom stereocenters. The smallest absolute Gasteiger partial charge is 0.0386 e. The predicted molar refractivity (Wildman–Crippen MR) is 61.0 cm³/mol. The summed E-state index contributed by atoms with van der Waals surface area (Å²) in [6.45, 7) is 6.44. The first-order valence-corrected chi connectivity index (χ1v) is 5.22. The number of hydrogen-bond donors (Lipinski definition) is 1. The van der Waals surface area contributed by atoms with Gasteiger partial charge in [0.05, 0.1) is 0 Å². The molecule has 0 atom stereocenters. The molecule has 0 fully saturated rings. The van der Waals surface area contributed by atoms with E-state index in [1.165, 1.54) is 15.6 Å². The van der Waals surface area contributed by atoms with Crippen LogP contribution in [0.4, 0.5) is 0 Å². The van der Waals surface area contributed by atoms with Crippen LogP contribution in [0.15, 0.2) is 22.7 Å². The molecule has 13 heavy (non-hydrogen) atoms. The molecular weight excluding hydrogens is 226 g/mol. The Hall–Kier alpha value is -0.340. The number of nitrogens with one attached hydrogen (secondary N) is 1. The molecule has 0 aliphatic carbocycles. The van der Waals surface area contributed by atoms with Gasteiger partial charge in [-0.15, -0.1) is 0 Å². The number of benzene rings is 1. The zero-order valence-electron chi connectivity index (χ0n) is 8.61. The lowest BCUT2D eigenvalue weighted by Gasteiger charge is -2.26. The molecule has 1 nitrogen and oxygen atoms in total. The third-order valence-electron chi connectivity index (χ3n) is 2.42. The molecule has 2 heteroatoms. The van der Waals surface area contributed by atoms with Gasteiger partial charge in [0.1, 0.15) is 0 Å². The molecule has 1 N–H and O–H groups in total. The highest BCUT2D eigenvalue weighted by Gasteiger charge is 2.19. The first kappa shape index (κ1) is 10.7. The summed E-state index contributed by atoms with van der Waals surface area (Å²) < 4.78 is 1.17. The van der Waals surface area contributed by atoms with E-state index in [0.29, 0.717) is 0 Å². The van der Waals surface area contributed by atoms with Gasteiger partial charge in [-0.25, -0.2) is 0 Å². The zero-order valence-corrected chi connectivity index (χ0v) is 10.2. The molecule has 0 aliphatic rings. The van der Waals surface area contributed by atoms with Crippen LogP contribution in [-0.4, -0.2) is 7.05 Å². The van der Waals surface area contributed by atoms with Crippen molar-refractivity contribution in [2.45, 2.75) is 26.3 Å². The molecule has 1 aromatic carbocycles. The maximum Gasteiger partial charge on any atom is 0.0386 e. The molecule has 0 amide bonds. The molecule has 0 heterocycles. The van der Waals surface area contributed by atoms with Gasteiger partial charge in [-0.05, 0) is 45.0 Å². The van der Waals surface area contributed by atoms with E-state index in [4.69, 9.17) is 0 Å². The highest BCUT2D eigenvalue weighted by atomic mass is 79.9. The molecule has 1 aromatic rings. The van der Waals surface area contributed by atoms with Crippen LogP contribution in [0.5, 0.6) is 0 Å². The Kier molecular flexibility index (Phi) is 3.14. The topological polar surface area (TPSA) is 12.0 Å². The van der Waals surface area contributed by atoms with E-state index in [2.05, 4.69) is 60.2 Å². The van der Waals surface area contributed by atoms with Gasteiger partial charge in [0.2, 0.25) is 0 Å². The summed E-state index contributed by atoms with van der Waals surface area (Å²) >= 11 is 3.58. The summed E-state index contributed by atoms with van der Waals surface area (Å²) in [7, 11) is 1.98. The van der Waals surface area contributed by atoms with Crippen LogP contribution in [0.25, 0.3) is 0 Å². The van der Waals surface area contributed by atoms with Crippen molar-refractivity contribution in [1.82, 2.24) is 5.32 Å². The van der Waals surface area contributed by atoms with Crippen LogP contribution in [0, 0.1) is 6.92 Å². The van der Waals surface area contributed by atoms with Crippen molar-refractivity contribution in [1.29, 1.82) is 0 Å². The zero-order chi connectivity index (χ0) is 10.1. The van der Waals surface area contributed by atoms with Crippen molar-refractivity contribution in [3.8, 4) is 0 Å². The van der Waals surface area contributed by atoms with E-state index in [1.807, 2.05) is 7.05 Å². The molecule has 0 aliphatic heterocycles. The van der Waals surface area contributed by atoms with Crippen molar-refractivity contribution in [3.63, 3.8) is 0 Å². The van der Waals surface area contributed by atoms with Crippen LogP contribution < -0.4 is 5.32 Å². The Balaban J connectivity index is 3.16. The number of hydrogen-bond acceptors (Lipinski definition) is 1. The Morgan fingerprint density at radius 1 is 1.31 bits per heavy atom. The average Bonchev–Trinajstić information content (AvgIpc) is 2.03. The number of rotatable bonds is 2. The summed E-state index contributed by atoms with van der Waals surface area (Å²) in [4.78, 5) is 0. The van der Waals surface area contributed by atoms with E-state index < -0.39 is 0 Å². The molecule has 1 rings (SSSR count). The summed E-state index contributed by atoms with van der Waals surface area (Å²) in [5.41, 5.74) is 2.59. The second-order valence-electron chi connectivity index (χ2n) is 3.86. The molecule has 0 saturated carbocycles. The fourth-order valence-corrected chi connectivity index (χ4v) is 2.25. The predicted octanol–water partition coefficient (Wildman–Crippen LogP) is 3.21. The van der Waals surface area contributed by atoms with Crippen LogP contribution in [0.1, 0.15) is 25.0 Å². The Morgan fingerprint density at radius 3 is 2.38 bits per heavy atom. The normalized spacial score (nSPS) is 11.8. The highest BCUT2D eigenvalue weighted by molar-refractivity contribution is 9.10.